The van der Waals surface area contributed by atoms with Gasteiger partial charge >= 0.3 is 14.9 Å². The van der Waals surface area contributed by atoms with E-state index in [4.69, 9.17) is 0 Å². The molecule has 0 aliphatic rings. The van der Waals surface area contributed by atoms with Crippen LogP contribution in [0.1, 0.15) is 32.4 Å². The molecule has 23 heteroatoms. The van der Waals surface area contributed by atoms with E-state index in [2.05, 4.69) is 14.3 Å². The average Bonchev–Trinajstić information content (AvgIpc) is 3.84. The highest BCUT2D eigenvalue weighted by Gasteiger charge is 2.31. The van der Waals surface area contributed by atoms with Crippen molar-refractivity contribution in [1.29, 1.82) is 0 Å². The van der Waals surface area contributed by atoms with E-state index in [1.165, 1.54) is 0 Å². The van der Waals surface area contributed by atoms with Crippen molar-refractivity contribution < 1.29 is 71.3 Å². The zero-order valence-electron chi connectivity index (χ0n) is 23.3. The van der Waals surface area contributed by atoms with Crippen LogP contribution in [0, 0.1) is 46.5 Å². The van der Waals surface area contributed by atoms with Gasteiger partial charge in [0.05, 0.1) is 11.4 Å². The van der Waals surface area contributed by atoms with E-state index < -0.39 is 130 Å². The smallest absolute Gasteiger partial charge is 0.503 e. The van der Waals surface area contributed by atoms with Gasteiger partial charge in [0.25, 0.3) is 0 Å². The lowest BCUT2D eigenvalue weighted by Gasteiger charge is -2.07. The fourth-order valence-electron chi connectivity index (χ4n) is 4.33. The van der Waals surface area contributed by atoms with E-state index in [0.717, 1.165) is 12.1 Å². The van der Waals surface area contributed by atoms with Gasteiger partial charge in [-0.15, -0.1) is 0 Å². The van der Waals surface area contributed by atoms with Crippen LogP contribution in [0.3, 0.4) is 0 Å². The van der Waals surface area contributed by atoms with Crippen molar-refractivity contribution in [2.75, 3.05) is 0 Å². The predicted octanol–water partition coefficient (Wildman–Crippen LogP) is 7.10. The van der Waals surface area contributed by atoms with Gasteiger partial charge in [-0.05, 0) is 12.1 Å². The molecule has 5 aromatic heterocycles. The number of halogens is 12. The molecule has 0 saturated heterocycles. The summed E-state index contributed by atoms with van der Waals surface area (Å²) in [4.78, 5) is 34.7. The van der Waals surface area contributed by atoms with Crippen molar-refractivity contribution in [3.8, 4) is 22.8 Å². The van der Waals surface area contributed by atoms with E-state index in [1.807, 2.05) is 19.9 Å². The number of carbonyl (C=O) groups is 2. The van der Waals surface area contributed by atoms with E-state index >= 15 is 0 Å². The zero-order valence-corrected chi connectivity index (χ0v) is 23.3. The van der Waals surface area contributed by atoms with Crippen LogP contribution < -0.4 is 0 Å². The van der Waals surface area contributed by atoms with Gasteiger partial charge in [0.15, 0.2) is 46.5 Å². The van der Waals surface area contributed by atoms with Gasteiger partial charge in [-0.3, -0.25) is 9.59 Å². The highest BCUT2D eigenvalue weighted by Crippen LogP contribution is 2.34. The fraction of sp³-hybridized carbons (Fsp3) is 0. The number of H-pyrrole nitrogens is 5. The van der Waals surface area contributed by atoms with Gasteiger partial charge in [0, 0.05) is 24.5 Å². The summed E-state index contributed by atoms with van der Waals surface area (Å²) in [5, 5.41) is 0. The fourth-order valence-corrected chi connectivity index (χ4v) is 4.33. The molecule has 5 heterocycles. The van der Waals surface area contributed by atoms with Crippen molar-refractivity contribution in [3.05, 3.63) is 106 Å². The quantitative estimate of drug-likeness (QED) is 0.0311. The Morgan fingerprint density at radius 2 is 0.898 bits per heavy atom. The summed E-state index contributed by atoms with van der Waals surface area (Å²) in [5.41, 5.74) is -7.43. The summed E-state index contributed by atoms with van der Waals surface area (Å²) in [7, 11) is -7.50. The van der Waals surface area contributed by atoms with Gasteiger partial charge in [-0.25, -0.2) is 52.4 Å². The highest BCUT2D eigenvalue weighted by atomic mass is 19.2. The van der Waals surface area contributed by atoms with Crippen molar-refractivity contribution in [2.24, 2.45) is 0 Å². The van der Waals surface area contributed by atoms with E-state index in [9.17, 15) is 62.0 Å². The average molecular weight is 707 g/mol. The molecule has 5 rings (SSSR count). The maximum atomic E-state index is 15.0. The predicted molar refractivity (Wildman–Crippen MR) is 144 cm³/mol. The van der Waals surface area contributed by atoms with Crippen LogP contribution in [0.5, 0.6) is 0 Å². The number of nitrogens with one attached hydrogen (secondary N) is 5. The number of aromatic nitrogens is 5. The summed E-state index contributed by atoms with van der Waals surface area (Å²) in [5.74, 6) is -19.8. The molecule has 5 aromatic rings. The number of aromatic amines is 5. The molecule has 0 unspecified atom stereocenters. The first-order chi connectivity index (χ1) is 23.1. The van der Waals surface area contributed by atoms with Gasteiger partial charge in [0.2, 0.25) is 11.6 Å². The number of carbonyl (C=O) groups excluding carboxylic acids is 2. The minimum absolute atomic E-state index is 0.0927. The van der Waals surface area contributed by atoms with Crippen LogP contribution in [0.4, 0.5) is 52.4 Å². The third kappa shape index (κ3) is 6.63. The second-order valence-electron chi connectivity index (χ2n) is 9.45. The lowest BCUT2D eigenvalue weighted by molar-refractivity contribution is 0.102. The van der Waals surface area contributed by atoms with Crippen LogP contribution in [0.25, 0.3) is 34.3 Å². The van der Waals surface area contributed by atoms with Crippen LogP contribution in [0.15, 0.2) is 36.7 Å². The number of rotatable bonds is 12. The SMILES string of the molecule is O=C(/C=C(\OB(F)F)c1[nH]c(-c2ccc(-c3[nH]c(/C(=C\C(=O)c4[nH]cc(F)c4F)OB(F)F)c(F)c3F)[nH]2)c(F)c1F)c1[nH]cc(F)c1F. The van der Waals surface area contributed by atoms with Crippen molar-refractivity contribution in [3.63, 3.8) is 0 Å². The lowest BCUT2D eigenvalue weighted by Crippen LogP contribution is -2.08. The van der Waals surface area contributed by atoms with Crippen LogP contribution in [-0.2, 0) is 9.31 Å². The number of allylic oxidation sites excluding steroid dienone is 2. The van der Waals surface area contributed by atoms with Crippen molar-refractivity contribution >= 4 is 38.0 Å². The first-order valence-corrected chi connectivity index (χ1v) is 12.9. The molecule has 0 aliphatic carbocycles. The molecule has 0 amide bonds. The van der Waals surface area contributed by atoms with E-state index in [0.29, 0.717) is 12.4 Å². The maximum Gasteiger partial charge on any atom is 0.796 e. The molecule has 0 saturated carbocycles. The Morgan fingerprint density at radius 1 is 0.531 bits per heavy atom. The Balaban J connectivity index is 1.51. The van der Waals surface area contributed by atoms with Crippen molar-refractivity contribution in [1.82, 2.24) is 24.9 Å². The largest absolute Gasteiger partial charge is 0.796 e. The van der Waals surface area contributed by atoms with Gasteiger partial charge in [-0.1, -0.05) is 0 Å². The highest BCUT2D eigenvalue weighted by molar-refractivity contribution is 6.36. The molecule has 9 nitrogen and oxygen atoms in total. The first kappa shape index (κ1) is 34.4. The van der Waals surface area contributed by atoms with Gasteiger partial charge in [-0.2, -0.15) is 0 Å². The Labute approximate surface area is 263 Å². The molecular formula is C26H11B2F12N5O4. The van der Waals surface area contributed by atoms with E-state index in [1.54, 1.807) is 0 Å². The molecule has 254 valence electrons. The lowest BCUT2D eigenvalue weighted by atomic mass is 10.2. The van der Waals surface area contributed by atoms with E-state index in [-0.39, 0.29) is 12.2 Å². The molecular weight excluding hydrogens is 696 g/mol. The molecule has 0 atom stereocenters. The standard InChI is InChI=1S/C26H11B2F12N5O4/c29-7-5-41-23(15(7)31)11(46)3-13(48-27(37)38)25-19(35)17(33)21(44-25)9-1-2-10(43-9)22-18(34)20(36)26(45-22)14(49-28(39)40)4-12(47)24-16(32)8(30)6-42-24/h1-6,41-45H/b13-3-,14-4+. The minimum Gasteiger partial charge on any atom is -0.503 e. The monoisotopic (exact) mass is 707 g/mol. The molecule has 0 aromatic carbocycles. The van der Waals surface area contributed by atoms with Gasteiger partial charge in [0.1, 0.15) is 45.7 Å². The molecule has 0 fully saturated rings. The zero-order chi connectivity index (χ0) is 35.9. The topological polar surface area (TPSA) is 132 Å². The van der Waals surface area contributed by atoms with Crippen LogP contribution >= 0.6 is 0 Å². The molecule has 0 bridgehead atoms. The first-order valence-electron chi connectivity index (χ1n) is 12.9. The Kier molecular flexibility index (Phi) is 9.36. The number of ketones is 2. The summed E-state index contributed by atoms with van der Waals surface area (Å²) in [6, 6.07) is 1.81. The maximum absolute atomic E-state index is 15.0. The van der Waals surface area contributed by atoms with Crippen LogP contribution in [0.2, 0.25) is 0 Å². The molecule has 49 heavy (non-hydrogen) atoms. The molecule has 5 N–H and O–H groups in total. The third-order valence-electron chi connectivity index (χ3n) is 6.47. The molecule has 0 spiro atoms. The second kappa shape index (κ2) is 13.3. The molecule has 0 aliphatic heterocycles. The Hall–Kier alpha value is -5.89. The number of hydrogen-bond donors (Lipinski definition) is 5. The minimum atomic E-state index is -3.75. The van der Waals surface area contributed by atoms with Crippen molar-refractivity contribution in [2.45, 2.75) is 0 Å². The summed E-state index contributed by atoms with van der Waals surface area (Å²) >= 11 is 0. The van der Waals surface area contributed by atoms with Gasteiger partial charge < -0.3 is 34.2 Å². The Morgan fingerprint density at radius 3 is 1.20 bits per heavy atom. The summed E-state index contributed by atoms with van der Waals surface area (Å²) in [6.07, 6.45) is 1.01. The van der Waals surface area contributed by atoms with Crippen LogP contribution in [-0.4, -0.2) is 51.4 Å². The normalized spacial score (nSPS) is 12.1. The molecule has 0 radical (unpaired) electrons. The number of hydrogen-bond acceptors (Lipinski definition) is 4. The Bertz CT molecular complexity index is 2000. The summed E-state index contributed by atoms with van der Waals surface area (Å²) in [6.45, 7) is 0. The summed E-state index contributed by atoms with van der Waals surface area (Å²) < 4.78 is 175. The third-order valence-corrected chi connectivity index (χ3v) is 6.47. The second-order valence-corrected chi connectivity index (χ2v) is 9.45.